The van der Waals surface area contributed by atoms with Crippen LogP contribution in [0.2, 0.25) is 0 Å². The lowest BCUT2D eigenvalue weighted by atomic mass is 9.73. The molecule has 2 heterocycles. The number of allylic oxidation sites excluding steroid dienone is 3. The van der Waals surface area contributed by atoms with Gasteiger partial charge in [-0.2, -0.15) is 0 Å². The van der Waals surface area contributed by atoms with Crippen molar-refractivity contribution < 1.29 is 28.5 Å². The molecule has 2 unspecified atom stereocenters. The highest BCUT2D eigenvalue weighted by Crippen LogP contribution is 2.47. The first-order valence-electron chi connectivity index (χ1n) is 14.0. The van der Waals surface area contributed by atoms with E-state index >= 15 is 0 Å². The Morgan fingerprint density at radius 2 is 1.57 bits per heavy atom. The highest BCUT2D eigenvalue weighted by atomic mass is 16.6. The Morgan fingerprint density at radius 1 is 1.00 bits per heavy atom. The Labute approximate surface area is 221 Å². The first-order chi connectivity index (χ1) is 17.8. The summed E-state index contributed by atoms with van der Waals surface area (Å²) in [4.78, 5) is 25.8. The molecule has 2 fully saturated rings. The van der Waals surface area contributed by atoms with Gasteiger partial charge in [0.15, 0.2) is 0 Å². The molecule has 4 rings (SSSR count). The second kappa shape index (κ2) is 12.9. The molecular weight excluding hydrogens is 468 g/mol. The molecule has 0 aromatic heterocycles. The number of hydrogen-bond acceptors (Lipinski definition) is 6. The third kappa shape index (κ3) is 8.27. The van der Waals surface area contributed by atoms with Crippen molar-refractivity contribution in [1.29, 1.82) is 0 Å². The van der Waals surface area contributed by atoms with Crippen LogP contribution in [0.3, 0.4) is 0 Å². The fourth-order valence-electron chi connectivity index (χ4n) is 5.16. The van der Waals surface area contributed by atoms with Crippen molar-refractivity contribution in [3.8, 4) is 11.5 Å². The van der Waals surface area contributed by atoms with Crippen LogP contribution in [0.5, 0.6) is 11.5 Å². The second-order valence-electron chi connectivity index (χ2n) is 10.9. The summed E-state index contributed by atoms with van der Waals surface area (Å²) < 4.78 is 22.6. The molecule has 6 nitrogen and oxygen atoms in total. The number of ether oxygens (including phenoxy) is 4. The second-order valence-corrected chi connectivity index (χ2v) is 10.9. The molecular formula is C31H42O6. The highest BCUT2D eigenvalue weighted by molar-refractivity contribution is 5.76. The topological polar surface area (TPSA) is 77.7 Å². The lowest BCUT2D eigenvalue weighted by Crippen LogP contribution is -2.21. The van der Waals surface area contributed by atoms with Crippen LogP contribution in [0.25, 0.3) is 0 Å². The van der Waals surface area contributed by atoms with Crippen LogP contribution in [0.4, 0.5) is 0 Å². The normalized spacial score (nSPS) is 24.2. The minimum atomic E-state index is -0.283. The molecule has 1 aromatic carbocycles. The van der Waals surface area contributed by atoms with E-state index in [0.717, 1.165) is 55.2 Å². The highest BCUT2D eigenvalue weighted by Gasteiger charge is 2.33. The van der Waals surface area contributed by atoms with E-state index in [1.165, 1.54) is 5.57 Å². The van der Waals surface area contributed by atoms with Crippen LogP contribution in [0.1, 0.15) is 95.6 Å². The number of benzene rings is 1. The van der Waals surface area contributed by atoms with Gasteiger partial charge in [-0.05, 0) is 76.0 Å². The van der Waals surface area contributed by atoms with E-state index in [0.29, 0.717) is 50.4 Å². The van der Waals surface area contributed by atoms with E-state index in [1.54, 1.807) is 0 Å². The maximum absolute atomic E-state index is 12.9. The largest absolute Gasteiger partial charge is 0.426 e. The molecule has 0 amide bonds. The maximum atomic E-state index is 12.9. The molecule has 1 aliphatic carbocycles. The number of epoxide rings is 2. The molecule has 3 aliphatic rings. The van der Waals surface area contributed by atoms with E-state index in [9.17, 15) is 9.59 Å². The summed E-state index contributed by atoms with van der Waals surface area (Å²) in [6.45, 7) is 12.0. The molecule has 0 N–H and O–H groups in total. The van der Waals surface area contributed by atoms with E-state index in [2.05, 4.69) is 26.5 Å². The van der Waals surface area contributed by atoms with Gasteiger partial charge in [-0.15, -0.1) is 0 Å². The zero-order valence-electron chi connectivity index (χ0n) is 22.7. The minimum Gasteiger partial charge on any atom is -0.426 e. The van der Waals surface area contributed by atoms with Crippen LogP contribution < -0.4 is 9.47 Å². The quantitative estimate of drug-likeness (QED) is 0.0922. The van der Waals surface area contributed by atoms with Crippen molar-refractivity contribution in [2.45, 2.75) is 103 Å². The van der Waals surface area contributed by atoms with E-state index in [4.69, 9.17) is 18.9 Å². The molecule has 2 aliphatic heterocycles. The first-order valence-corrected chi connectivity index (χ1v) is 14.0. The first kappa shape index (κ1) is 27.6. The van der Waals surface area contributed by atoms with Gasteiger partial charge in [-0.3, -0.25) is 9.59 Å². The number of carbonyl (C=O) groups is 2. The SMILES string of the molecule is C=C(C)[C@@H]1CCC(C)=C[C@H]1c1c(OC(=O)CCC2CO2)cc(CCCCC)cc1OC(=O)CCC1CO1. The Kier molecular flexibility index (Phi) is 9.60. The fraction of sp³-hybridized carbons (Fsp3) is 0.613. The van der Waals surface area contributed by atoms with Crippen molar-refractivity contribution in [1.82, 2.24) is 0 Å². The maximum Gasteiger partial charge on any atom is 0.311 e. The fourth-order valence-corrected chi connectivity index (χ4v) is 5.16. The van der Waals surface area contributed by atoms with Gasteiger partial charge in [-0.1, -0.05) is 43.6 Å². The third-order valence-corrected chi connectivity index (χ3v) is 7.54. The van der Waals surface area contributed by atoms with Crippen LogP contribution in [0.15, 0.2) is 35.9 Å². The lowest BCUT2D eigenvalue weighted by Gasteiger charge is -2.32. The van der Waals surface area contributed by atoms with Crippen molar-refractivity contribution in [2.24, 2.45) is 5.92 Å². The van der Waals surface area contributed by atoms with Gasteiger partial charge in [0.25, 0.3) is 0 Å². The summed E-state index contributed by atoms with van der Waals surface area (Å²) in [7, 11) is 0. The monoisotopic (exact) mass is 510 g/mol. The molecule has 0 saturated carbocycles. The van der Waals surface area contributed by atoms with Crippen molar-refractivity contribution >= 4 is 11.9 Å². The number of unbranched alkanes of at least 4 members (excludes halogenated alkanes) is 2. The molecule has 2 saturated heterocycles. The Bertz CT molecular complexity index is 966. The number of esters is 2. The van der Waals surface area contributed by atoms with E-state index < -0.39 is 0 Å². The zero-order valence-corrected chi connectivity index (χ0v) is 22.7. The zero-order chi connectivity index (χ0) is 26.4. The molecule has 6 heteroatoms. The number of hydrogen-bond donors (Lipinski definition) is 0. The summed E-state index contributed by atoms with van der Waals surface area (Å²) in [6, 6.07) is 3.97. The van der Waals surface area contributed by atoms with Gasteiger partial charge in [0, 0.05) is 24.3 Å². The molecule has 0 bridgehead atoms. The molecule has 202 valence electrons. The van der Waals surface area contributed by atoms with E-state index in [-0.39, 0.29) is 36.0 Å². The molecule has 0 radical (unpaired) electrons. The average molecular weight is 511 g/mol. The van der Waals surface area contributed by atoms with Crippen LogP contribution in [0, 0.1) is 5.92 Å². The van der Waals surface area contributed by atoms with Gasteiger partial charge in [-0.25, -0.2) is 0 Å². The third-order valence-electron chi connectivity index (χ3n) is 7.54. The van der Waals surface area contributed by atoms with Gasteiger partial charge < -0.3 is 18.9 Å². The summed E-state index contributed by atoms with van der Waals surface area (Å²) in [5.41, 5.74) is 4.15. The number of carbonyl (C=O) groups excluding carboxylic acids is 2. The number of aryl methyl sites for hydroxylation is 1. The molecule has 37 heavy (non-hydrogen) atoms. The smallest absolute Gasteiger partial charge is 0.311 e. The van der Waals surface area contributed by atoms with Gasteiger partial charge >= 0.3 is 11.9 Å². The lowest BCUT2D eigenvalue weighted by molar-refractivity contribution is -0.135. The standard InChI is InChI=1S/C31H42O6/c1-5-6-7-8-22-16-27(36-29(32)13-10-23-18-34-23)31(26-15-21(4)9-12-25(26)20(2)3)28(17-22)37-30(33)14-11-24-19-35-24/h15-17,23-26H,2,5-14,18-19H2,1,3-4H3/t23?,24?,25-,26+/m0/s1. The predicted molar refractivity (Wildman–Crippen MR) is 143 cm³/mol. The summed E-state index contributed by atoms with van der Waals surface area (Å²) in [6.07, 6.45) is 10.5. The molecule has 1 aromatic rings. The van der Waals surface area contributed by atoms with Crippen molar-refractivity contribution in [3.63, 3.8) is 0 Å². The van der Waals surface area contributed by atoms with Crippen molar-refractivity contribution in [2.75, 3.05) is 13.2 Å². The summed E-state index contributed by atoms with van der Waals surface area (Å²) in [5.74, 6) is 0.532. The Morgan fingerprint density at radius 3 is 2.05 bits per heavy atom. The molecule has 0 spiro atoms. The summed E-state index contributed by atoms with van der Waals surface area (Å²) >= 11 is 0. The van der Waals surface area contributed by atoms with Crippen molar-refractivity contribution in [3.05, 3.63) is 47.1 Å². The predicted octanol–water partition coefficient (Wildman–Crippen LogP) is 6.60. The van der Waals surface area contributed by atoms with Crippen LogP contribution in [-0.2, 0) is 25.5 Å². The van der Waals surface area contributed by atoms with E-state index in [1.807, 2.05) is 19.1 Å². The van der Waals surface area contributed by atoms with Crippen LogP contribution in [-0.4, -0.2) is 37.4 Å². The molecule has 4 atom stereocenters. The van der Waals surface area contributed by atoms with Crippen LogP contribution >= 0.6 is 0 Å². The Balaban J connectivity index is 1.70. The van der Waals surface area contributed by atoms with Gasteiger partial charge in [0.05, 0.1) is 25.4 Å². The van der Waals surface area contributed by atoms with Gasteiger partial charge in [0.2, 0.25) is 0 Å². The Hall–Kier alpha value is -2.44. The van der Waals surface area contributed by atoms with Gasteiger partial charge in [0.1, 0.15) is 11.5 Å². The number of rotatable bonds is 14. The average Bonchev–Trinajstić information content (AvgIpc) is 3.77. The minimum absolute atomic E-state index is 0.0833. The summed E-state index contributed by atoms with van der Waals surface area (Å²) in [5, 5.41) is 0.